The SMILES string of the molecule is C[C@H]1CC[C@@]2(C)C(=CC[C@@H]3[C@@H]2CC[C@]2(C)C(=O)C(=NO)C[C@@H]32)C1. The predicted molar refractivity (Wildman–Crippen MR) is 90.5 cm³/mol. The van der Waals surface area contributed by atoms with E-state index >= 15 is 0 Å². The number of allylic oxidation sites excluding steroid dienone is 2. The zero-order valence-electron chi connectivity index (χ0n) is 14.6. The van der Waals surface area contributed by atoms with Gasteiger partial charge >= 0.3 is 0 Å². The largest absolute Gasteiger partial charge is 0.411 e. The Morgan fingerprint density at radius 1 is 1.13 bits per heavy atom. The van der Waals surface area contributed by atoms with Crippen LogP contribution in [0.3, 0.4) is 0 Å². The maximum absolute atomic E-state index is 12.7. The van der Waals surface area contributed by atoms with E-state index < -0.39 is 0 Å². The molecule has 3 fully saturated rings. The summed E-state index contributed by atoms with van der Waals surface area (Å²) in [5.74, 6) is 2.59. The summed E-state index contributed by atoms with van der Waals surface area (Å²) in [4.78, 5) is 12.7. The van der Waals surface area contributed by atoms with Gasteiger partial charge in [-0.2, -0.15) is 0 Å². The smallest absolute Gasteiger partial charge is 0.186 e. The molecule has 0 aromatic heterocycles. The molecule has 3 nitrogen and oxygen atoms in total. The van der Waals surface area contributed by atoms with Crippen LogP contribution in [0, 0.1) is 34.5 Å². The third-order valence-electron chi connectivity index (χ3n) is 8.05. The third-order valence-corrected chi connectivity index (χ3v) is 8.05. The number of rotatable bonds is 0. The molecule has 0 bridgehead atoms. The number of Topliss-reactive ketones (excluding diaryl/α,β-unsaturated/α-hetero) is 1. The fraction of sp³-hybridized carbons (Fsp3) is 0.800. The van der Waals surface area contributed by atoms with Crippen LogP contribution in [0.1, 0.15) is 65.7 Å². The first-order valence-corrected chi connectivity index (χ1v) is 9.35. The highest BCUT2D eigenvalue weighted by Crippen LogP contribution is 2.63. The average molecular weight is 315 g/mol. The molecule has 0 saturated heterocycles. The zero-order valence-corrected chi connectivity index (χ0v) is 14.6. The molecule has 0 unspecified atom stereocenters. The molecule has 3 heteroatoms. The van der Waals surface area contributed by atoms with Crippen molar-refractivity contribution in [1.29, 1.82) is 0 Å². The van der Waals surface area contributed by atoms with Gasteiger partial charge in [-0.3, -0.25) is 4.79 Å². The molecule has 4 aliphatic carbocycles. The van der Waals surface area contributed by atoms with E-state index in [0.29, 0.717) is 35.3 Å². The molecule has 6 atom stereocenters. The van der Waals surface area contributed by atoms with Crippen LogP contribution in [-0.4, -0.2) is 16.7 Å². The van der Waals surface area contributed by atoms with E-state index in [1.807, 2.05) is 0 Å². The molecule has 4 aliphatic rings. The molecule has 23 heavy (non-hydrogen) atoms. The topological polar surface area (TPSA) is 49.7 Å². The Hall–Kier alpha value is -1.12. The van der Waals surface area contributed by atoms with Crippen LogP contribution in [0.15, 0.2) is 16.8 Å². The Kier molecular flexibility index (Phi) is 3.31. The molecule has 0 amide bonds. The van der Waals surface area contributed by atoms with Gasteiger partial charge in [0.15, 0.2) is 5.78 Å². The van der Waals surface area contributed by atoms with Crippen molar-refractivity contribution in [3.8, 4) is 0 Å². The number of ketones is 1. The van der Waals surface area contributed by atoms with Crippen molar-refractivity contribution in [2.75, 3.05) is 0 Å². The third kappa shape index (κ3) is 1.94. The van der Waals surface area contributed by atoms with Gasteiger partial charge in [0.1, 0.15) is 5.71 Å². The second-order valence-electron chi connectivity index (χ2n) is 9.14. The summed E-state index contributed by atoms with van der Waals surface area (Å²) >= 11 is 0. The Morgan fingerprint density at radius 3 is 2.61 bits per heavy atom. The first kappa shape index (κ1) is 15.4. The fourth-order valence-electron chi connectivity index (χ4n) is 6.54. The maximum atomic E-state index is 12.7. The van der Waals surface area contributed by atoms with Gasteiger partial charge in [-0.15, -0.1) is 0 Å². The molecule has 0 spiro atoms. The molecule has 0 radical (unpaired) electrons. The summed E-state index contributed by atoms with van der Waals surface area (Å²) in [5, 5.41) is 12.6. The summed E-state index contributed by atoms with van der Waals surface area (Å²) in [7, 11) is 0. The molecule has 0 aliphatic heterocycles. The highest BCUT2D eigenvalue weighted by atomic mass is 16.4. The lowest BCUT2D eigenvalue weighted by Crippen LogP contribution is -2.50. The van der Waals surface area contributed by atoms with E-state index in [1.54, 1.807) is 5.57 Å². The van der Waals surface area contributed by atoms with Gasteiger partial charge in [0.05, 0.1) is 0 Å². The second kappa shape index (κ2) is 4.94. The van der Waals surface area contributed by atoms with Gasteiger partial charge in [0.2, 0.25) is 0 Å². The van der Waals surface area contributed by atoms with Crippen LogP contribution < -0.4 is 0 Å². The molecular formula is C20H29NO2. The minimum Gasteiger partial charge on any atom is -0.411 e. The summed E-state index contributed by atoms with van der Waals surface area (Å²) in [6.07, 6.45) is 10.3. The van der Waals surface area contributed by atoms with Crippen LogP contribution in [0.5, 0.6) is 0 Å². The van der Waals surface area contributed by atoms with Gasteiger partial charge in [-0.1, -0.05) is 37.6 Å². The van der Waals surface area contributed by atoms with Crippen LogP contribution in [-0.2, 0) is 4.79 Å². The average Bonchev–Trinajstić information content (AvgIpc) is 2.79. The van der Waals surface area contributed by atoms with E-state index in [0.717, 1.165) is 25.2 Å². The first-order chi connectivity index (χ1) is 10.9. The Labute approximate surface area is 139 Å². The Morgan fingerprint density at radius 2 is 1.87 bits per heavy atom. The Balaban J connectivity index is 1.71. The van der Waals surface area contributed by atoms with Crippen LogP contribution in [0.2, 0.25) is 0 Å². The van der Waals surface area contributed by atoms with Gasteiger partial charge in [0, 0.05) is 11.8 Å². The molecule has 4 rings (SSSR count). The highest BCUT2D eigenvalue weighted by molar-refractivity contribution is 6.43. The number of oxime groups is 1. The van der Waals surface area contributed by atoms with E-state index in [-0.39, 0.29) is 11.2 Å². The van der Waals surface area contributed by atoms with Gasteiger partial charge in [0.25, 0.3) is 0 Å². The van der Waals surface area contributed by atoms with Crippen molar-refractivity contribution in [3.05, 3.63) is 11.6 Å². The number of carbonyl (C=O) groups excluding carboxylic acids is 1. The summed E-state index contributed by atoms with van der Waals surface area (Å²) < 4.78 is 0. The molecule has 1 N–H and O–H groups in total. The van der Waals surface area contributed by atoms with Gasteiger partial charge in [-0.25, -0.2) is 0 Å². The normalized spacial score (nSPS) is 51.0. The molecule has 0 heterocycles. The van der Waals surface area contributed by atoms with Crippen molar-refractivity contribution < 1.29 is 10.0 Å². The lowest BCUT2D eigenvalue weighted by Gasteiger charge is -2.56. The van der Waals surface area contributed by atoms with E-state index in [1.165, 1.54) is 19.3 Å². The number of nitrogens with zero attached hydrogens (tertiary/aromatic N) is 1. The van der Waals surface area contributed by atoms with Crippen molar-refractivity contribution >= 4 is 11.5 Å². The number of carbonyl (C=O) groups is 1. The number of hydrogen-bond acceptors (Lipinski definition) is 3. The minimum absolute atomic E-state index is 0.112. The quantitative estimate of drug-likeness (QED) is 0.403. The lowest BCUT2D eigenvalue weighted by atomic mass is 9.47. The fourth-order valence-corrected chi connectivity index (χ4v) is 6.54. The standard InChI is InChI=1S/C20H29NO2/c1-12-6-8-19(2)13(10-12)4-5-14-15(19)7-9-20(3)16(14)11-17(21-23)18(20)22/h4,12,14-16,23H,5-11H2,1-3H3/t12-,14+,15-,16-,19-,20-/m0/s1. The van der Waals surface area contributed by atoms with Crippen molar-refractivity contribution in [1.82, 2.24) is 0 Å². The predicted octanol–water partition coefficient (Wildman–Crippen LogP) is 4.59. The summed E-state index contributed by atoms with van der Waals surface area (Å²) in [6, 6.07) is 0. The van der Waals surface area contributed by atoms with Crippen molar-refractivity contribution in [2.45, 2.75) is 65.7 Å². The van der Waals surface area contributed by atoms with E-state index in [2.05, 4.69) is 32.0 Å². The van der Waals surface area contributed by atoms with Gasteiger partial charge in [-0.05, 0) is 67.6 Å². The van der Waals surface area contributed by atoms with Gasteiger partial charge < -0.3 is 5.21 Å². The summed E-state index contributed by atoms with van der Waals surface area (Å²) in [6.45, 7) is 6.99. The van der Waals surface area contributed by atoms with Crippen molar-refractivity contribution in [3.63, 3.8) is 0 Å². The molecule has 3 saturated carbocycles. The summed E-state index contributed by atoms with van der Waals surface area (Å²) in [5.41, 5.74) is 2.18. The van der Waals surface area contributed by atoms with E-state index in [9.17, 15) is 10.0 Å². The monoisotopic (exact) mass is 315 g/mol. The van der Waals surface area contributed by atoms with Crippen LogP contribution in [0.25, 0.3) is 0 Å². The molecular weight excluding hydrogens is 286 g/mol. The highest BCUT2D eigenvalue weighted by Gasteiger charge is 2.60. The second-order valence-corrected chi connectivity index (χ2v) is 9.14. The minimum atomic E-state index is -0.285. The molecule has 0 aromatic rings. The zero-order chi connectivity index (χ0) is 16.4. The lowest BCUT2D eigenvalue weighted by molar-refractivity contribution is -0.128. The Bertz CT molecular complexity index is 607. The van der Waals surface area contributed by atoms with Crippen LogP contribution in [0.4, 0.5) is 0 Å². The van der Waals surface area contributed by atoms with Crippen LogP contribution >= 0.6 is 0 Å². The first-order valence-electron chi connectivity index (χ1n) is 9.35. The molecule has 0 aromatic carbocycles. The molecule has 126 valence electrons. The van der Waals surface area contributed by atoms with E-state index in [4.69, 9.17) is 0 Å². The maximum Gasteiger partial charge on any atom is 0.186 e. The van der Waals surface area contributed by atoms with Crippen molar-refractivity contribution in [2.24, 2.45) is 39.7 Å². The number of hydrogen-bond donors (Lipinski definition) is 1. The number of fused-ring (bicyclic) bond motifs is 5.